The van der Waals surface area contributed by atoms with Gasteiger partial charge in [-0.2, -0.15) is 0 Å². The third kappa shape index (κ3) is 2.84. The highest BCUT2D eigenvalue weighted by Crippen LogP contribution is 2.37. The summed E-state index contributed by atoms with van der Waals surface area (Å²) in [5, 5.41) is 1.00. The van der Waals surface area contributed by atoms with Gasteiger partial charge in [0.05, 0.1) is 16.2 Å². The van der Waals surface area contributed by atoms with Crippen molar-refractivity contribution >= 4 is 18.9 Å². The zero-order valence-electron chi connectivity index (χ0n) is 10.8. The zero-order valence-corrected chi connectivity index (χ0v) is 11.6. The number of aromatic nitrogens is 1. The summed E-state index contributed by atoms with van der Waals surface area (Å²) in [4.78, 5) is 4.26. The molecule has 0 unspecified atom stereocenters. The van der Waals surface area contributed by atoms with Gasteiger partial charge < -0.3 is 9.31 Å². The molecule has 1 fully saturated rings. The van der Waals surface area contributed by atoms with Crippen LogP contribution in [0.1, 0.15) is 27.7 Å². The molecule has 0 atom stereocenters. The number of hydrogen-bond donors (Lipinski definition) is 0. The smallest absolute Gasteiger partial charge is 0.403 e. The topological polar surface area (TPSA) is 31.4 Å². The Kier molecular flexibility index (Phi) is 3.52. The van der Waals surface area contributed by atoms with Crippen molar-refractivity contribution in [1.82, 2.24) is 4.98 Å². The largest absolute Gasteiger partial charge is 0.468 e. The van der Waals surface area contributed by atoms with E-state index in [1.807, 2.05) is 18.2 Å². The minimum Gasteiger partial charge on any atom is -0.403 e. The fraction of sp³-hybridized carbons (Fsp3) is 0.583. The molecule has 1 aliphatic heterocycles. The van der Waals surface area contributed by atoms with Crippen LogP contribution in [0.25, 0.3) is 0 Å². The van der Waals surface area contributed by atoms with Gasteiger partial charge in [-0.05, 0) is 39.8 Å². The van der Waals surface area contributed by atoms with E-state index in [-0.39, 0.29) is 18.3 Å². The van der Waals surface area contributed by atoms with Crippen LogP contribution in [0.3, 0.4) is 0 Å². The van der Waals surface area contributed by atoms with E-state index in [2.05, 4.69) is 32.7 Å². The second kappa shape index (κ2) is 4.63. The molecule has 92 valence electrons. The van der Waals surface area contributed by atoms with E-state index in [9.17, 15) is 0 Å². The van der Waals surface area contributed by atoms with Crippen LogP contribution >= 0.6 is 11.8 Å². The maximum atomic E-state index is 5.91. The number of pyridine rings is 1. The first-order valence-electron chi connectivity index (χ1n) is 5.80. The van der Waals surface area contributed by atoms with Crippen LogP contribution < -0.4 is 0 Å². The van der Waals surface area contributed by atoms with Crippen LogP contribution in [0.2, 0.25) is 0 Å². The van der Waals surface area contributed by atoms with Gasteiger partial charge in [0, 0.05) is 11.8 Å². The third-order valence-electron chi connectivity index (χ3n) is 3.31. The average Bonchev–Trinajstić information content (AvgIpc) is 2.46. The molecule has 0 amide bonds. The van der Waals surface area contributed by atoms with Gasteiger partial charge in [0.15, 0.2) is 0 Å². The molecular weight excluding hydrogens is 233 g/mol. The molecule has 0 bridgehead atoms. The van der Waals surface area contributed by atoms with Crippen LogP contribution in [-0.4, -0.2) is 29.0 Å². The molecule has 5 heteroatoms. The molecule has 0 saturated carbocycles. The summed E-state index contributed by atoms with van der Waals surface area (Å²) in [7, 11) is -0.160. The molecule has 0 spiro atoms. The Balaban J connectivity index is 1.91. The minimum absolute atomic E-state index is 0.160. The van der Waals surface area contributed by atoms with E-state index in [0.29, 0.717) is 0 Å². The lowest BCUT2D eigenvalue weighted by atomic mass is 9.90. The molecule has 1 aliphatic rings. The fourth-order valence-corrected chi connectivity index (χ4v) is 2.37. The van der Waals surface area contributed by atoms with Crippen molar-refractivity contribution in [2.75, 3.05) is 5.65 Å². The molecule has 1 saturated heterocycles. The molecule has 1 aromatic rings. The van der Waals surface area contributed by atoms with Gasteiger partial charge in [0.1, 0.15) is 0 Å². The van der Waals surface area contributed by atoms with Crippen molar-refractivity contribution in [2.45, 2.75) is 43.9 Å². The van der Waals surface area contributed by atoms with Crippen molar-refractivity contribution in [1.29, 1.82) is 0 Å². The molecule has 0 aromatic carbocycles. The average molecular weight is 251 g/mol. The summed E-state index contributed by atoms with van der Waals surface area (Å²) in [5.41, 5.74) is 0.272. The number of rotatable bonds is 3. The maximum Gasteiger partial charge on any atom is 0.468 e. The highest BCUT2D eigenvalue weighted by atomic mass is 32.2. The molecule has 0 radical (unpaired) electrons. The van der Waals surface area contributed by atoms with E-state index >= 15 is 0 Å². The highest BCUT2D eigenvalue weighted by molar-refractivity contribution is 8.00. The van der Waals surface area contributed by atoms with Crippen molar-refractivity contribution in [3.05, 3.63) is 24.4 Å². The summed E-state index contributed by atoms with van der Waals surface area (Å²) in [6.45, 7) is 8.27. The first kappa shape index (κ1) is 12.9. The lowest BCUT2D eigenvalue weighted by molar-refractivity contribution is 0.00578. The molecule has 3 nitrogen and oxygen atoms in total. The second-order valence-electron chi connectivity index (χ2n) is 5.16. The monoisotopic (exact) mass is 251 g/mol. The molecule has 1 aromatic heterocycles. The quantitative estimate of drug-likeness (QED) is 0.610. The summed E-state index contributed by atoms with van der Waals surface area (Å²) >= 11 is 1.66. The molecule has 0 N–H and O–H groups in total. The molecular formula is C12H18BNO2S. The Hall–Kier alpha value is -0.515. The molecule has 2 rings (SSSR count). The van der Waals surface area contributed by atoms with Crippen LogP contribution in [0, 0.1) is 0 Å². The van der Waals surface area contributed by atoms with Crippen LogP contribution in [0.5, 0.6) is 0 Å². The third-order valence-corrected chi connectivity index (χ3v) is 4.28. The zero-order chi connectivity index (χ0) is 12.5. The summed E-state index contributed by atoms with van der Waals surface area (Å²) in [6.07, 6.45) is 1.80. The Morgan fingerprint density at radius 1 is 1.18 bits per heavy atom. The Morgan fingerprint density at radius 3 is 2.35 bits per heavy atom. The predicted molar refractivity (Wildman–Crippen MR) is 71.0 cm³/mol. The first-order chi connectivity index (χ1) is 7.91. The maximum absolute atomic E-state index is 5.91. The SMILES string of the molecule is CC1(C)OB(CSc2ccccn2)OC1(C)C. The number of thioether (sulfide) groups is 1. The normalized spacial score (nSPS) is 21.8. The number of hydrogen-bond acceptors (Lipinski definition) is 4. The van der Waals surface area contributed by atoms with Crippen molar-refractivity contribution in [3.63, 3.8) is 0 Å². The Morgan fingerprint density at radius 2 is 1.82 bits per heavy atom. The number of nitrogens with zero attached hydrogens (tertiary/aromatic N) is 1. The van der Waals surface area contributed by atoms with Crippen LogP contribution in [0.15, 0.2) is 29.4 Å². The van der Waals surface area contributed by atoms with E-state index < -0.39 is 0 Å². The van der Waals surface area contributed by atoms with Crippen LogP contribution in [0.4, 0.5) is 0 Å². The summed E-state index contributed by atoms with van der Waals surface area (Å²) in [5.74, 6) is 0. The van der Waals surface area contributed by atoms with Gasteiger partial charge >= 0.3 is 7.12 Å². The highest BCUT2D eigenvalue weighted by Gasteiger charge is 2.50. The standard InChI is InChI=1S/C12H18BNO2S/c1-11(2)12(3,4)16-13(15-11)9-17-10-7-5-6-8-14-10/h5-8H,9H2,1-4H3. The van der Waals surface area contributed by atoms with E-state index in [1.165, 1.54) is 0 Å². The van der Waals surface area contributed by atoms with E-state index in [4.69, 9.17) is 9.31 Å². The minimum atomic E-state index is -0.248. The van der Waals surface area contributed by atoms with Gasteiger partial charge in [0.25, 0.3) is 0 Å². The van der Waals surface area contributed by atoms with E-state index in [1.54, 1.807) is 18.0 Å². The lowest BCUT2D eigenvalue weighted by Gasteiger charge is -2.32. The van der Waals surface area contributed by atoms with Gasteiger partial charge in [-0.15, -0.1) is 11.8 Å². The van der Waals surface area contributed by atoms with Crippen molar-refractivity contribution < 1.29 is 9.31 Å². The van der Waals surface area contributed by atoms with Gasteiger partial charge in [-0.25, -0.2) is 4.98 Å². The molecule has 2 heterocycles. The summed E-state index contributed by atoms with van der Waals surface area (Å²) < 4.78 is 11.8. The van der Waals surface area contributed by atoms with Crippen molar-refractivity contribution in [2.24, 2.45) is 0 Å². The summed E-state index contributed by atoms with van der Waals surface area (Å²) in [6, 6.07) is 5.90. The Bertz CT molecular complexity index is 367. The Labute approximate surface area is 107 Å². The van der Waals surface area contributed by atoms with E-state index in [0.717, 1.165) is 10.7 Å². The van der Waals surface area contributed by atoms with Gasteiger partial charge in [-0.3, -0.25) is 0 Å². The van der Waals surface area contributed by atoms with Crippen molar-refractivity contribution in [3.8, 4) is 0 Å². The molecule has 0 aliphatic carbocycles. The first-order valence-corrected chi connectivity index (χ1v) is 6.79. The van der Waals surface area contributed by atoms with Gasteiger partial charge in [-0.1, -0.05) is 6.07 Å². The second-order valence-corrected chi connectivity index (χ2v) is 6.21. The lowest BCUT2D eigenvalue weighted by Crippen LogP contribution is -2.41. The fourth-order valence-electron chi connectivity index (χ4n) is 1.62. The molecule has 17 heavy (non-hydrogen) atoms. The predicted octanol–water partition coefficient (Wildman–Crippen LogP) is 2.81. The van der Waals surface area contributed by atoms with Gasteiger partial charge in [0.2, 0.25) is 0 Å². The van der Waals surface area contributed by atoms with Crippen LogP contribution in [-0.2, 0) is 9.31 Å².